The Morgan fingerprint density at radius 1 is 0.778 bits per heavy atom. The zero-order chi connectivity index (χ0) is 13.4. The molecular formula is C12H6F5N. The first-order valence-electron chi connectivity index (χ1n) is 4.88. The van der Waals surface area contributed by atoms with Crippen LogP contribution in [0.15, 0.2) is 18.3 Å². The van der Waals surface area contributed by atoms with Crippen molar-refractivity contribution in [2.75, 3.05) is 0 Å². The number of benzene rings is 1. The van der Waals surface area contributed by atoms with Gasteiger partial charge in [0, 0.05) is 6.20 Å². The topological polar surface area (TPSA) is 12.9 Å². The van der Waals surface area contributed by atoms with E-state index in [4.69, 9.17) is 0 Å². The quantitative estimate of drug-likeness (QED) is 0.432. The van der Waals surface area contributed by atoms with Gasteiger partial charge < -0.3 is 0 Å². The second-order valence-corrected chi connectivity index (χ2v) is 3.67. The van der Waals surface area contributed by atoms with Gasteiger partial charge in [0.05, 0.1) is 11.3 Å². The molecule has 0 N–H and O–H groups in total. The number of aryl methyl sites for hydroxylation is 1. The van der Waals surface area contributed by atoms with Gasteiger partial charge in [-0.25, -0.2) is 22.0 Å². The first kappa shape index (κ1) is 12.5. The summed E-state index contributed by atoms with van der Waals surface area (Å²) in [5.41, 5.74) is -0.637. The largest absolute Gasteiger partial charge is 0.256 e. The first-order chi connectivity index (χ1) is 8.43. The van der Waals surface area contributed by atoms with E-state index in [0.717, 1.165) is 0 Å². The molecule has 1 heterocycles. The fourth-order valence-corrected chi connectivity index (χ4v) is 1.45. The molecule has 1 aromatic heterocycles. The lowest BCUT2D eigenvalue weighted by molar-refractivity contribution is 0.381. The van der Waals surface area contributed by atoms with Crippen LogP contribution in [0.3, 0.4) is 0 Å². The molecule has 6 heteroatoms. The van der Waals surface area contributed by atoms with Crippen LogP contribution in [-0.2, 0) is 0 Å². The van der Waals surface area contributed by atoms with Crippen LogP contribution in [0.5, 0.6) is 0 Å². The predicted molar refractivity (Wildman–Crippen MR) is 54.2 cm³/mol. The number of pyridine rings is 1. The Bertz CT molecular complexity index is 578. The minimum atomic E-state index is -2.18. The maximum absolute atomic E-state index is 13.4. The van der Waals surface area contributed by atoms with Crippen LogP contribution in [0.1, 0.15) is 5.56 Å². The SMILES string of the molecule is Cc1ccc(-c2c(F)c(F)c(F)c(F)c2F)nc1. The Hall–Kier alpha value is -1.98. The average Bonchev–Trinajstić information content (AvgIpc) is 2.36. The molecule has 0 aliphatic rings. The number of hydrogen-bond donors (Lipinski definition) is 0. The molecule has 0 radical (unpaired) electrons. The van der Waals surface area contributed by atoms with Crippen LogP contribution in [0.2, 0.25) is 0 Å². The normalized spacial score (nSPS) is 10.8. The van der Waals surface area contributed by atoms with Crippen LogP contribution in [-0.4, -0.2) is 4.98 Å². The summed E-state index contributed by atoms with van der Waals surface area (Å²) in [5.74, 6) is -9.91. The summed E-state index contributed by atoms with van der Waals surface area (Å²) in [6.45, 7) is 1.68. The van der Waals surface area contributed by atoms with E-state index in [2.05, 4.69) is 4.98 Å². The molecule has 2 aromatic rings. The van der Waals surface area contributed by atoms with Crippen molar-refractivity contribution < 1.29 is 22.0 Å². The average molecular weight is 259 g/mol. The molecule has 0 bridgehead atoms. The summed E-state index contributed by atoms with van der Waals surface area (Å²) in [4.78, 5) is 3.65. The van der Waals surface area contributed by atoms with Crippen LogP contribution in [0.4, 0.5) is 22.0 Å². The second kappa shape index (κ2) is 4.36. The van der Waals surface area contributed by atoms with E-state index in [9.17, 15) is 22.0 Å². The first-order valence-corrected chi connectivity index (χ1v) is 4.88. The van der Waals surface area contributed by atoms with Gasteiger partial charge in [-0.15, -0.1) is 0 Å². The lowest BCUT2D eigenvalue weighted by Gasteiger charge is -2.07. The summed E-state index contributed by atoms with van der Waals surface area (Å²) in [6.07, 6.45) is 1.27. The van der Waals surface area contributed by atoms with Crippen molar-refractivity contribution >= 4 is 0 Å². The predicted octanol–water partition coefficient (Wildman–Crippen LogP) is 3.75. The van der Waals surface area contributed by atoms with E-state index in [0.29, 0.717) is 5.56 Å². The molecule has 0 spiro atoms. The molecule has 0 amide bonds. The van der Waals surface area contributed by atoms with Crippen LogP contribution < -0.4 is 0 Å². The van der Waals surface area contributed by atoms with E-state index < -0.39 is 34.6 Å². The van der Waals surface area contributed by atoms with Gasteiger partial charge in [0.2, 0.25) is 5.82 Å². The van der Waals surface area contributed by atoms with Crippen molar-refractivity contribution in [2.45, 2.75) is 6.92 Å². The lowest BCUT2D eigenvalue weighted by atomic mass is 10.1. The number of halogens is 5. The Labute approximate surface area is 98.9 Å². The lowest BCUT2D eigenvalue weighted by Crippen LogP contribution is -2.04. The molecule has 18 heavy (non-hydrogen) atoms. The summed E-state index contributed by atoms with van der Waals surface area (Å²) in [6, 6.07) is 2.65. The van der Waals surface area contributed by atoms with Crippen molar-refractivity contribution in [1.29, 1.82) is 0 Å². The van der Waals surface area contributed by atoms with E-state index in [-0.39, 0.29) is 5.69 Å². The molecule has 2 rings (SSSR count). The van der Waals surface area contributed by atoms with E-state index >= 15 is 0 Å². The Morgan fingerprint density at radius 3 is 1.72 bits per heavy atom. The molecular weight excluding hydrogens is 253 g/mol. The molecule has 1 aromatic carbocycles. The summed E-state index contributed by atoms with van der Waals surface area (Å²) in [7, 11) is 0. The zero-order valence-electron chi connectivity index (χ0n) is 9.07. The maximum Gasteiger partial charge on any atom is 0.200 e. The molecule has 0 saturated heterocycles. The standard InChI is InChI=1S/C12H6F5N/c1-5-2-3-6(18-4-5)7-8(13)10(15)12(17)11(16)9(7)14/h2-4H,1H3. The summed E-state index contributed by atoms with van der Waals surface area (Å²) >= 11 is 0. The van der Waals surface area contributed by atoms with Crippen molar-refractivity contribution in [3.8, 4) is 11.3 Å². The van der Waals surface area contributed by atoms with E-state index in [1.54, 1.807) is 6.92 Å². The van der Waals surface area contributed by atoms with Crippen molar-refractivity contribution in [2.24, 2.45) is 0 Å². The van der Waals surface area contributed by atoms with Crippen LogP contribution in [0.25, 0.3) is 11.3 Å². The molecule has 0 aliphatic carbocycles. The Balaban J connectivity index is 2.75. The second-order valence-electron chi connectivity index (χ2n) is 3.67. The van der Waals surface area contributed by atoms with Gasteiger partial charge in [-0.1, -0.05) is 6.07 Å². The minimum absolute atomic E-state index is 0.312. The third-order valence-electron chi connectivity index (χ3n) is 2.38. The molecule has 1 nitrogen and oxygen atoms in total. The fraction of sp³-hybridized carbons (Fsp3) is 0.0833. The number of aromatic nitrogens is 1. The maximum atomic E-state index is 13.4. The van der Waals surface area contributed by atoms with Gasteiger partial charge in [0.15, 0.2) is 23.3 Å². The Morgan fingerprint density at radius 2 is 1.28 bits per heavy atom. The fourth-order valence-electron chi connectivity index (χ4n) is 1.45. The van der Waals surface area contributed by atoms with Crippen molar-refractivity contribution in [1.82, 2.24) is 4.98 Å². The molecule has 94 valence electrons. The Kier molecular flexibility index (Phi) is 3.02. The number of nitrogens with zero attached hydrogens (tertiary/aromatic N) is 1. The van der Waals surface area contributed by atoms with Gasteiger partial charge in [0.25, 0.3) is 0 Å². The number of rotatable bonds is 1. The monoisotopic (exact) mass is 259 g/mol. The molecule has 0 aliphatic heterocycles. The highest BCUT2D eigenvalue weighted by molar-refractivity contribution is 5.61. The number of hydrogen-bond acceptors (Lipinski definition) is 1. The highest BCUT2D eigenvalue weighted by Crippen LogP contribution is 2.30. The van der Waals surface area contributed by atoms with Crippen molar-refractivity contribution in [3.63, 3.8) is 0 Å². The minimum Gasteiger partial charge on any atom is -0.256 e. The van der Waals surface area contributed by atoms with Gasteiger partial charge in [-0.05, 0) is 18.6 Å². The van der Waals surface area contributed by atoms with Gasteiger partial charge in [0.1, 0.15) is 0 Å². The molecule has 0 fully saturated rings. The van der Waals surface area contributed by atoms with Crippen molar-refractivity contribution in [3.05, 3.63) is 53.0 Å². The van der Waals surface area contributed by atoms with Crippen LogP contribution >= 0.6 is 0 Å². The van der Waals surface area contributed by atoms with Gasteiger partial charge >= 0.3 is 0 Å². The molecule has 0 atom stereocenters. The highest BCUT2D eigenvalue weighted by Gasteiger charge is 2.26. The van der Waals surface area contributed by atoms with E-state index in [1.807, 2.05) is 0 Å². The van der Waals surface area contributed by atoms with Crippen LogP contribution in [0, 0.1) is 36.0 Å². The smallest absolute Gasteiger partial charge is 0.200 e. The summed E-state index contributed by atoms with van der Waals surface area (Å²) in [5, 5.41) is 0. The van der Waals surface area contributed by atoms with Gasteiger partial charge in [-0.3, -0.25) is 4.98 Å². The summed E-state index contributed by atoms with van der Waals surface area (Å²) < 4.78 is 65.6. The molecule has 0 unspecified atom stereocenters. The zero-order valence-corrected chi connectivity index (χ0v) is 9.07. The third kappa shape index (κ3) is 1.83. The highest BCUT2D eigenvalue weighted by atomic mass is 19.2. The third-order valence-corrected chi connectivity index (χ3v) is 2.38. The van der Waals surface area contributed by atoms with Gasteiger partial charge in [-0.2, -0.15) is 0 Å². The van der Waals surface area contributed by atoms with E-state index in [1.165, 1.54) is 18.3 Å². The molecule has 0 saturated carbocycles.